The molecule has 0 aromatic heterocycles. The lowest BCUT2D eigenvalue weighted by atomic mass is 10.1. The predicted octanol–water partition coefficient (Wildman–Crippen LogP) is 3.43. The normalized spacial score (nSPS) is 17.9. The van der Waals surface area contributed by atoms with Gasteiger partial charge >= 0.3 is 0 Å². The first-order valence-electron chi connectivity index (χ1n) is 6.56. The molecule has 0 atom stereocenters. The molecule has 1 aliphatic rings. The van der Waals surface area contributed by atoms with Crippen LogP contribution in [0.3, 0.4) is 0 Å². The lowest BCUT2D eigenvalue weighted by molar-refractivity contribution is 0.173. The van der Waals surface area contributed by atoms with Gasteiger partial charge in [-0.25, -0.2) is 0 Å². The van der Waals surface area contributed by atoms with Crippen LogP contribution in [0.5, 0.6) is 0 Å². The molecule has 1 saturated carbocycles. The van der Waals surface area contributed by atoms with Crippen LogP contribution in [0, 0.1) is 5.92 Å². The number of likely N-dealkylation sites (N-methyl/N-ethyl adjacent to an activating group) is 1. The van der Waals surface area contributed by atoms with Crippen molar-refractivity contribution in [1.82, 2.24) is 5.32 Å². The van der Waals surface area contributed by atoms with E-state index in [4.69, 9.17) is 4.74 Å². The van der Waals surface area contributed by atoms with Gasteiger partial charge in [-0.05, 0) is 38.8 Å². The van der Waals surface area contributed by atoms with Crippen molar-refractivity contribution in [3.63, 3.8) is 0 Å². The van der Waals surface area contributed by atoms with Crippen LogP contribution < -0.4 is 5.32 Å². The summed E-state index contributed by atoms with van der Waals surface area (Å²) in [5.74, 6) is 1.66. The zero-order valence-corrected chi connectivity index (χ0v) is 11.2. The predicted molar refractivity (Wildman–Crippen MR) is 73.9 cm³/mol. The van der Waals surface area contributed by atoms with Gasteiger partial charge in [-0.1, -0.05) is 31.6 Å². The molecule has 1 N–H and O–H groups in total. The lowest BCUT2D eigenvalue weighted by Crippen LogP contribution is -2.14. The van der Waals surface area contributed by atoms with Crippen molar-refractivity contribution in [2.24, 2.45) is 5.92 Å². The van der Waals surface area contributed by atoms with E-state index in [1.165, 1.54) is 25.7 Å². The van der Waals surface area contributed by atoms with Gasteiger partial charge in [0.1, 0.15) is 5.76 Å². The first kappa shape index (κ1) is 14.0. The third-order valence-corrected chi connectivity index (χ3v) is 3.13. The molecule has 0 spiro atoms. The summed E-state index contributed by atoms with van der Waals surface area (Å²) >= 11 is 0. The fourth-order valence-corrected chi connectivity index (χ4v) is 2.14. The molecule has 0 bridgehead atoms. The molecule has 1 aliphatic carbocycles. The van der Waals surface area contributed by atoms with Crippen molar-refractivity contribution in [3.8, 4) is 0 Å². The Balaban J connectivity index is 2.47. The molecular formula is C15H25NO. The Morgan fingerprint density at radius 3 is 2.71 bits per heavy atom. The molecule has 0 aliphatic heterocycles. The van der Waals surface area contributed by atoms with E-state index in [-0.39, 0.29) is 0 Å². The van der Waals surface area contributed by atoms with E-state index < -0.39 is 0 Å². The maximum Gasteiger partial charge on any atom is 0.123 e. The van der Waals surface area contributed by atoms with Gasteiger partial charge in [0.2, 0.25) is 0 Å². The first-order chi connectivity index (χ1) is 8.27. The molecule has 0 aromatic rings. The monoisotopic (exact) mass is 235 g/mol. The van der Waals surface area contributed by atoms with Crippen LogP contribution in [0.25, 0.3) is 0 Å². The minimum absolute atomic E-state index is 0.742. The van der Waals surface area contributed by atoms with Crippen LogP contribution >= 0.6 is 0 Å². The molecule has 2 nitrogen and oxygen atoms in total. The van der Waals surface area contributed by atoms with Crippen LogP contribution in [0.4, 0.5) is 0 Å². The Labute approximate surface area is 105 Å². The van der Waals surface area contributed by atoms with Gasteiger partial charge in [0, 0.05) is 12.1 Å². The third-order valence-electron chi connectivity index (χ3n) is 3.13. The Morgan fingerprint density at radius 2 is 2.12 bits per heavy atom. The summed E-state index contributed by atoms with van der Waals surface area (Å²) in [5, 5.41) is 3.11. The number of rotatable bonds is 7. The van der Waals surface area contributed by atoms with Crippen LogP contribution in [0.15, 0.2) is 36.1 Å². The van der Waals surface area contributed by atoms with Crippen LogP contribution in [-0.2, 0) is 4.74 Å². The largest absolute Gasteiger partial charge is 0.493 e. The molecule has 2 heteroatoms. The second-order valence-electron chi connectivity index (χ2n) is 4.65. The van der Waals surface area contributed by atoms with E-state index >= 15 is 0 Å². The molecule has 1 rings (SSSR count). The molecule has 0 radical (unpaired) electrons. The molecule has 17 heavy (non-hydrogen) atoms. The van der Waals surface area contributed by atoms with Gasteiger partial charge in [0.15, 0.2) is 0 Å². The fourth-order valence-electron chi connectivity index (χ4n) is 2.14. The zero-order valence-electron chi connectivity index (χ0n) is 11.2. The minimum atomic E-state index is 0.742. The standard InChI is InChI=1S/C15H25NO/c1-4-5-10-15(13(2)11-16-3)17-12-14-8-6-7-9-14/h4-5,10,14,16H,2,6-9,11-12H2,1,3H3/b5-4-,15-10+. The highest BCUT2D eigenvalue weighted by Gasteiger charge is 2.16. The fraction of sp³-hybridized carbons (Fsp3) is 0.600. The Bertz CT molecular complexity index is 285. The Kier molecular flexibility index (Phi) is 6.71. The summed E-state index contributed by atoms with van der Waals surface area (Å²) in [5.41, 5.74) is 1.02. The summed E-state index contributed by atoms with van der Waals surface area (Å²) in [7, 11) is 1.93. The second-order valence-corrected chi connectivity index (χ2v) is 4.65. The lowest BCUT2D eigenvalue weighted by Gasteiger charge is -2.15. The van der Waals surface area contributed by atoms with Crippen LogP contribution in [0.2, 0.25) is 0 Å². The van der Waals surface area contributed by atoms with Gasteiger partial charge in [-0.15, -0.1) is 0 Å². The summed E-state index contributed by atoms with van der Waals surface area (Å²) < 4.78 is 5.91. The van der Waals surface area contributed by atoms with E-state index in [9.17, 15) is 0 Å². The molecule has 96 valence electrons. The van der Waals surface area contributed by atoms with Crippen molar-refractivity contribution in [2.75, 3.05) is 20.2 Å². The van der Waals surface area contributed by atoms with E-state index in [1.807, 2.05) is 32.2 Å². The van der Waals surface area contributed by atoms with Crippen molar-refractivity contribution < 1.29 is 4.74 Å². The van der Waals surface area contributed by atoms with E-state index in [1.54, 1.807) is 0 Å². The Morgan fingerprint density at radius 1 is 1.41 bits per heavy atom. The summed E-state index contributed by atoms with van der Waals surface area (Å²) in [6.07, 6.45) is 11.4. The van der Waals surface area contributed by atoms with Crippen LogP contribution in [-0.4, -0.2) is 20.2 Å². The van der Waals surface area contributed by atoms with Gasteiger partial charge in [-0.2, -0.15) is 0 Å². The molecule has 1 fully saturated rings. The maximum atomic E-state index is 5.91. The van der Waals surface area contributed by atoms with E-state index in [0.29, 0.717) is 0 Å². The van der Waals surface area contributed by atoms with Crippen LogP contribution in [0.1, 0.15) is 32.6 Å². The topological polar surface area (TPSA) is 21.3 Å². The summed E-state index contributed by atoms with van der Waals surface area (Å²) in [6.45, 7) is 7.67. The molecule has 0 unspecified atom stereocenters. The van der Waals surface area contributed by atoms with Crippen molar-refractivity contribution in [2.45, 2.75) is 32.6 Å². The van der Waals surface area contributed by atoms with E-state index in [2.05, 4.69) is 11.9 Å². The third kappa shape index (κ3) is 5.22. The minimum Gasteiger partial charge on any atom is -0.493 e. The average molecular weight is 235 g/mol. The first-order valence-corrected chi connectivity index (χ1v) is 6.56. The number of hydrogen-bond acceptors (Lipinski definition) is 2. The highest BCUT2D eigenvalue weighted by atomic mass is 16.5. The quantitative estimate of drug-likeness (QED) is 0.539. The zero-order chi connectivity index (χ0) is 12.5. The smallest absolute Gasteiger partial charge is 0.123 e. The highest BCUT2D eigenvalue weighted by Crippen LogP contribution is 2.26. The summed E-state index contributed by atoms with van der Waals surface area (Å²) in [4.78, 5) is 0. The molecule has 0 amide bonds. The second kappa shape index (κ2) is 8.13. The number of nitrogens with one attached hydrogen (secondary N) is 1. The maximum absolute atomic E-state index is 5.91. The molecule has 0 heterocycles. The van der Waals surface area contributed by atoms with Gasteiger partial charge in [-0.3, -0.25) is 0 Å². The highest BCUT2D eigenvalue weighted by molar-refractivity contribution is 5.27. The van der Waals surface area contributed by atoms with Crippen molar-refractivity contribution >= 4 is 0 Å². The summed E-state index contributed by atoms with van der Waals surface area (Å²) in [6, 6.07) is 0. The Hall–Kier alpha value is -1.02. The van der Waals surface area contributed by atoms with Crippen molar-refractivity contribution in [3.05, 3.63) is 36.1 Å². The van der Waals surface area contributed by atoms with Gasteiger partial charge in [0.25, 0.3) is 0 Å². The molecule has 0 saturated heterocycles. The SMILES string of the molecule is C=C(CNC)/C(=C\C=C/C)OCC1CCCC1. The van der Waals surface area contributed by atoms with E-state index in [0.717, 1.165) is 30.4 Å². The molecular weight excluding hydrogens is 210 g/mol. The number of hydrogen-bond donors (Lipinski definition) is 1. The van der Waals surface area contributed by atoms with Crippen molar-refractivity contribution in [1.29, 1.82) is 0 Å². The molecule has 0 aromatic carbocycles. The average Bonchev–Trinajstić information content (AvgIpc) is 2.82. The number of allylic oxidation sites excluding steroid dienone is 3. The number of ether oxygens (including phenoxy) is 1. The van der Waals surface area contributed by atoms with Gasteiger partial charge < -0.3 is 10.1 Å². The van der Waals surface area contributed by atoms with Gasteiger partial charge in [0.05, 0.1) is 6.61 Å².